The zero-order valence-corrected chi connectivity index (χ0v) is 10.4. The van der Waals surface area contributed by atoms with E-state index in [0.717, 1.165) is 0 Å². The summed E-state index contributed by atoms with van der Waals surface area (Å²) in [4.78, 5) is 11.3. The van der Waals surface area contributed by atoms with Crippen molar-refractivity contribution in [2.45, 2.75) is 0 Å². The molecule has 98 valence electrons. The molecule has 0 aliphatic rings. The molecule has 2 aromatic carbocycles. The third kappa shape index (κ3) is 2.95. The van der Waals surface area contributed by atoms with Gasteiger partial charge < -0.3 is 20.9 Å². The minimum absolute atomic E-state index is 0.309. The fourth-order valence-electron chi connectivity index (χ4n) is 1.66. The Kier molecular flexibility index (Phi) is 3.56. The summed E-state index contributed by atoms with van der Waals surface area (Å²) in [7, 11) is 1.54. The van der Waals surface area contributed by atoms with Crippen LogP contribution in [-0.4, -0.2) is 13.0 Å². The Labute approximate surface area is 110 Å². The third-order valence-electron chi connectivity index (χ3n) is 2.52. The Morgan fingerprint density at radius 2 is 1.79 bits per heavy atom. The lowest BCUT2D eigenvalue weighted by Gasteiger charge is -2.11. The summed E-state index contributed by atoms with van der Waals surface area (Å²) in [6.07, 6.45) is 0. The zero-order valence-electron chi connectivity index (χ0n) is 10.4. The van der Waals surface area contributed by atoms with E-state index in [0.29, 0.717) is 28.5 Å². The first-order valence-corrected chi connectivity index (χ1v) is 5.61. The second-order valence-electron chi connectivity index (χ2n) is 3.90. The molecule has 5 heteroatoms. The minimum atomic E-state index is -0.550. The van der Waals surface area contributed by atoms with E-state index in [1.54, 1.807) is 42.5 Å². The highest BCUT2D eigenvalue weighted by molar-refractivity contribution is 5.95. The van der Waals surface area contributed by atoms with Crippen LogP contribution in [0.2, 0.25) is 0 Å². The predicted octanol–water partition coefficient (Wildman–Crippen LogP) is 2.17. The van der Waals surface area contributed by atoms with E-state index in [2.05, 4.69) is 0 Å². The molecule has 0 unspecified atom stereocenters. The lowest BCUT2D eigenvalue weighted by molar-refractivity contribution is 0.0998. The topological polar surface area (TPSA) is 87.6 Å². The molecule has 4 N–H and O–H groups in total. The van der Waals surface area contributed by atoms with Gasteiger partial charge in [0.05, 0.1) is 12.7 Å². The maximum atomic E-state index is 11.3. The molecule has 0 fully saturated rings. The second kappa shape index (κ2) is 5.30. The van der Waals surface area contributed by atoms with Gasteiger partial charge in [-0.15, -0.1) is 0 Å². The first kappa shape index (κ1) is 12.8. The quantitative estimate of drug-likeness (QED) is 0.823. The molecule has 0 heterocycles. The van der Waals surface area contributed by atoms with Crippen LogP contribution in [0, 0.1) is 0 Å². The molecule has 0 aliphatic heterocycles. The summed E-state index contributed by atoms with van der Waals surface area (Å²) in [5.41, 5.74) is 11.8. The summed E-state index contributed by atoms with van der Waals surface area (Å²) in [6, 6.07) is 11.7. The fraction of sp³-hybridized carbons (Fsp3) is 0.0714. The molecular formula is C14H14N2O3. The molecule has 0 aliphatic carbocycles. The number of anilines is 1. The average Bonchev–Trinajstić information content (AvgIpc) is 2.38. The van der Waals surface area contributed by atoms with Gasteiger partial charge in [-0.25, -0.2) is 0 Å². The van der Waals surface area contributed by atoms with E-state index < -0.39 is 5.91 Å². The van der Waals surface area contributed by atoms with Gasteiger partial charge in [-0.2, -0.15) is 0 Å². The number of benzene rings is 2. The second-order valence-corrected chi connectivity index (χ2v) is 3.90. The van der Waals surface area contributed by atoms with Crippen molar-refractivity contribution in [1.82, 2.24) is 0 Å². The van der Waals surface area contributed by atoms with Crippen molar-refractivity contribution < 1.29 is 14.3 Å². The number of nitrogens with two attached hydrogens (primary N) is 2. The number of hydrogen-bond donors (Lipinski definition) is 2. The summed E-state index contributed by atoms with van der Waals surface area (Å²) in [5.74, 6) is 0.881. The van der Waals surface area contributed by atoms with E-state index in [4.69, 9.17) is 20.9 Å². The number of amides is 1. The van der Waals surface area contributed by atoms with Gasteiger partial charge in [0.25, 0.3) is 5.91 Å². The highest BCUT2D eigenvalue weighted by Crippen LogP contribution is 2.30. The molecule has 0 aromatic heterocycles. The number of primary amides is 1. The van der Waals surface area contributed by atoms with Crippen molar-refractivity contribution in [2.24, 2.45) is 5.73 Å². The van der Waals surface area contributed by atoms with Crippen LogP contribution in [0.5, 0.6) is 17.2 Å². The van der Waals surface area contributed by atoms with Crippen LogP contribution in [0.1, 0.15) is 10.4 Å². The van der Waals surface area contributed by atoms with Crippen molar-refractivity contribution in [2.75, 3.05) is 12.8 Å². The number of ether oxygens (including phenoxy) is 2. The zero-order chi connectivity index (χ0) is 13.8. The van der Waals surface area contributed by atoms with Gasteiger partial charge in [0.2, 0.25) is 0 Å². The Hall–Kier alpha value is -2.69. The summed E-state index contributed by atoms with van der Waals surface area (Å²) >= 11 is 0. The molecule has 0 spiro atoms. The van der Waals surface area contributed by atoms with Gasteiger partial charge in [-0.3, -0.25) is 4.79 Å². The van der Waals surface area contributed by atoms with Crippen LogP contribution in [0.25, 0.3) is 0 Å². The van der Waals surface area contributed by atoms with E-state index in [1.165, 1.54) is 7.11 Å². The standard InChI is InChI=1S/C14H14N2O3/c1-18-10-6-9(15)7-11(8-10)19-13-5-3-2-4-12(13)14(16)17/h2-8H,15H2,1H3,(H2,16,17). The maximum absolute atomic E-state index is 11.3. The van der Waals surface area contributed by atoms with Crippen LogP contribution in [-0.2, 0) is 0 Å². The first-order valence-electron chi connectivity index (χ1n) is 5.61. The maximum Gasteiger partial charge on any atom is 0.252 e. The highest BCUT2D eigenvalue weighted by Gasteiger charge is 2.10. The molecule has 0 saturated heterocycles. The predicted molar refractivity (Wildman–Crippen MR) is 72.4 cm³/mol. The number of carbonyl (C=O) groups is 1. The highest BCUT2D eigenvalue weighted by atomic mass is 16.5. The lowest BCUT2D eigenvalue weighted by Crippen LogP contribution is -2.12. The van der Waals surface area contributed by atoms with Crippen molar-refractivity contribution in [3.63, 3.8) is 0 Å². The molecule has 2 rings (SSSR count). The average molecular weight is 258 g/mol. The molecule has 5 nitrogen and oxygen atoms in total. The molecule has 0 atom stereocenters. The van der Waals surface area contributed by atoms with Gasteiger partial charge >= 0.3 is 0 Å². The molecule has 19 heavy (non-hydrogen) atoms. The van der Waals surface area contributed by atoms with Crippen molar-refractivity contribution in [3.8, 4) is 17.2 Å². The number of nitrogen functional groups attached to an aromatic ring is 1. The van der Waals surface area contributed by atoms with E-state index in [9.17, 15) is 4.79 Å². The fourth-order valence-corrected chi connectivity index (χ4v) is 1.66. The molecule has 0 radical (unpaired) electrons. The van der Waals surface area contributed by atoms with Crippen LogP contribution in [0.4, 0.5) is 5.69 Å². The van der Waals surface area contributed by atoms with Crippen molar-refractivity contribution in [3.05, 3.63) is 48.0 Å². The molecule has 0 bridgehead atoms. The van der Waals surface area contributed by atoms with Crippen molar-refractivity contribution in [1.29, 1.82) is 0 Å². The van der Waals surface area contributed by atoms with E-state index in [1.807, 2.05) is 0 Å². The first-order chi connectivity index (χ1) is 9.10. The summed E-state index contributed by atoms with van der Waals surface area (Å²) < 4.78 is 10.7. The van der Waals surface area contributed by atoms with Gasteiger partial charge in [-0.05, 0) is 12.1 Å². The number of carbonyl (C=O) groups excluding carboxylic acids is 1. The summed E-state index contributed by atoms with van der Waals surface area (Å²) in [6.45, 7) is 0. The van der Waals surface area contributed by atoms with Crippen LogP contribution >= 0.6 is 0 Å². The van der Waals surface area contributed by atoms with Crippen LogP contribution in [0.3, 0.4) is 0 Å². The van der Waals surface area contributed by atoms with Crippen molar-refractivity contribution >= 4 is 11.6 Å². The lowest BCUT2D eigenvalue weighted by atomic mass is 10.2. The molecule has 2 aromatic rings. The van der Waals surface area contributed by atoms with Gasteiger partial charge in [-0.1, -0.05) is 12.1 Å². The van der Waals surface area contributed by atoms with E-state index >= 15 is 0 Å². The Morgan fingerprint density at radius 3 is 2.47 bits per heavy atom. The summed E-state index contributed by atoms with van der Waals surface area (Å²) in [5, 5.41) is 0. The van der Waals surface area contributed by atoms with Gasteiger partial charge in [0, 0.05) is 23.9 Å². The van der Waals surface area contributed by atoms with Gasteiger partial charge in [0.1, 0.15) is 17.2 Å². The van der Waals surface area contributed by atoms with Gasteiger partial charge in [0.15, 0.2) is 0 Å². The monoisotopic (exact) mass is 258 g/mol. The SMILES string of the molecule is COc1cc(N)cc(Oc2ccccc2C(N)=O)c1. The Morgan fingerprint density at radius 1 is 1.11 bits per heavy atom. The number of rotatable bonds is 4. The van der Waals surface area contributed by atoms with E-state index in [-0.39, 0.29) is 0 Å². The normalized spacial score (nSPS) is 9.95. The Balaban J connectivity index is 2.36. The number of para-hydroxylation sites is 1. The number of methoxy groups -OCH3 is 1. The molecule has 1 amide bonds. The number of hydrogen-bond acceptors (Lipinski definition) is 4. The molecule has 0 saturated carbocycles. The van der Waals surface area contributed by atoms with Crippen LogP contribution in [0.15, 0.2) is 42.5 Å². The molecular weight excluding hydrogens is 244 g/mol. The third-order valence-corrected chi connectivity index (χ3v) is 2.52. The largest absolute Gasteiger partial charge is 0.497 e. The minimum Gasteiger partial charge on any atom is -0.497 e. The Bertz CT molecular complexity index is 611. The smallest absolute Gasteiger partial charge is 0.252 e. The van der Waals surface area contributed by atoms with Crippen LogP contribution < -0.4 is 20.9 Å².